The third-order valence-electron chi connectivity index (χ3n) is 4.26. The van der Waals surface area contributed by atoms with Gasteiger partial charge < -0.3 is 14.8 Å². The van der Waals surface area contributed by atoms with Crippen molar-refractivity contribution in [3.8, 4) is 11.5 Å². The maximum absolute atomic E-state index is 12.9. The number of carbonyl (C=O) groups is 2. The Bertz CT molecular complexity index is 1040. The number of aromatic nitrogens is 1. The highest BCUT2D eigenvalue weighted by molar-refractivity contribution is 6.34. The number of pyridine rings is 1. The number of benzene rings is 2. The van der Waals surface area contributed by atoms with Crippen molar-refractivity contribution in [2.24, 2.45) is 0 Å². The summed E-state index contributed by atoms with van der Waals surface area (Å²) in [5.74, 6) is -0.297. The van der Waals surface area contributed by atoms with Gasteiger partial charge in [0, 0.05) is 18.0 Å². The second-order valence-corrected chi connectivity index (χ2v) is 6.62. The van der Waals surface area contributed by atoms with E-state index in [0.717, 1.165) is 5.56 Å². The normalized spacial score (nSPS) is 10.3. The highest BCUT2D eigenvalue weighted by Crippen LogP contribution is 2.33. The lowest BCUT2D eigenvalue weighted by molar-refractivity contribution is -0.133. The van der Waals surface area contributed by atoms with Crippen molar-refractivity contribution in [2.45, 2.75) is 13.3 Å². The lowest BCUT2D eigenvalue weighted by Gasteiger charge is -2.16. The minimum Gasteiger partial charge on any atom is -0.496 e. The van der Waals surface area contributed by atoms with Gasteiger partial charge in [-0.05, 0) is 48.9 Å². The quantitative estimate of drug-likeness (QED) is 0.479. The summed E-state index contributed by atoms with van der Waals surface area (Å²) in [5, 5.41) is 3.15. The lowest BCUT2D eigenvalue weighted by atomic mass is 10.1. The number of hydrogen-bond acceptors (Lipinski definition) is 5. The second kappa shape index (κ2) is 9.21. The summed E-state index contributed by atoms with van der Waals surface area (Å²) in [6, 6.07) is 13.5. The number of esters is 1. The van der Waals surface area contributed by atoms with Crippen molar-refractivity contribution in [1.82, 2.24) is 4.98 Å². The second-order valence-electron chi connectivity index (χ2n) is 6.21. The van der Waals surface area contributed by atoms with E-state index in [1.807, 2.05) is 0 Å². The average molecular weight is 411 g/mol. The maximum Gasteiger partial charge on any atom is 0.315 e. The average Bonchev–Trinajstić information content (AvgIpc) is 2.71. The van der Waals surface area contributed by atoms with Gasteiger partial charge in [-0.3, -0.25) is 14.6 Å². The molecular formula is C22H19ClN2O4. The molecule has 0 atom stereocenters. The number of amides is 1. The highest BCUT2D eigenvalue weighted by Gasteiger charge is 2.21. The van der Waals surface area contributed by atoms with Crippen molar-refractivity contribution < 1.29 is 19.1 Å². The molecule has 29 heavy (non-hydrogen) atoms. The predicted molar refractivity (Wildman–Crippen MR) is 111 cm³/mol. The molecule has 148 valence electrons. The molecule has 0 bridgehead atoms. The topological polar surface area (TPSA) is 77.5 Å². The molecule has 3 aromatic rings. The lowest BCUT2D eigenvalue weighted by Crippen LogP contribution is -2.18. The molecule has 0 unspecified atom stereocenters. The first kappa shape index (κ1) is 20.4. The zero-order valence-electron chi connectivity index (χ0n) is 15.9. The number of nitrogens with one attached hydrogen (secondary N) is 1. The third kappa shape index (κ3) is 4.92. The van der Waals surface area contributed by atoms with Crippen LogP contribution < -0.4 is 14.8 Å². The van der Waals surface area contributed by atoms with Crippen LogP contribution in [0.25, 0.3) is 0 Å². The molecule has 1 aromatic heterocycles. The molecule has 2 aromatic carbocycles. The minimum atomic E-state index is -0.501. The van der Waals surface area contributed by atoms with Gasteiger partial charge in [-0.2, -0.15) is 0 Å². The van der Waals surface area contributed by atoms with Gasteiger partial charge in [-0.1, -0.05) is 23.7 Å². The number of anilines is 1. The van der Waals surface area contributed by atoms with Gasteiger partial charge in [0.1, 0.15) is 11.5 Å². The smallest absolute Gasteiger partial charge is 0.315 e. The van der Waals surface area contributed by atoms with Crippen LogP contribution >= 0.6 is 11.6 Å². The molecule has 7 heteroatoms. The first-order valence-corrected chi connectivity index (χ1v) is 9.20. The summed E-state index contributed by atoms with van der Waals surface area (Å²) in [6.45, 7) is 1.72. The highest BCUT2D eigenvalue weighted by atomic mass is 35.5. The number of para-hydroxylation sites is 1. The molecular weight excluding hydrogens is 392 g/mol. The van der Waals surface area contributed by atoms with Crippen LogP contribution in [0.1, 0.15) is 21.5 Å². The molecule has 0 radical (unpaired) electrons. The van der Waals surface area contributed by atoms with E-state index >= 15 is 0 Å². The molecule has 0 saturated carbocycles. The molecule has 3 rings (SSSR count). The van der Waals surface area contributed by atoms with E-state index in [0.29, 0.717) is 22.0 Å². The van der Waals surface area contributed by atoms with Gasteiger partial charge in [0.25, 0.3) is 5.91 Å². The monoisotopic (exact) mass is 410 g/mol. The number of carbonyl (C=O) groups excluding carboxylic acids is 2. The molecule has 0 aliphatic rings. The molecule has 6 nitrogen and oxygen atoms in total. The number of rotatable bonds is 6. The van der Waals surface area contributed by atoms with Crippen LogP contribution in [0.2, 0.25) is 5.02 Å². The maximum atomic E-state index is 12.9. The SMILES string of the molecule is COc1ccc(C(=O)Nc2ccccc2Cl)c(OC(=O)Cc2ccncc2)c1C. The molecule has 0 aliphatic carbocycles. The van der Waals surface area contributed by atoms with Gasteiger partial charge in [0.2, 0.25) is 0 Å². The summed E-state index contributed by atoms with van der Waals surface area (Å²) in [6.07, 6.45) is 3.24. The van der Waals surface area contributed by atoms with Gasteiger partial charge in [-0.25, -0.2) is 0 Å². The van der Waals surface area contributed by atoms with Crippen molar-refractivity contribution in [3.05, 3.63) is 82.6 Å². The van der Waals surface area contributed by atoms with Gasteiger partial charge in [-0.15, -0.1) is 0 Å². The van der Waals surface area contributed by atoms with E-state index in [1.165, 1.54) is 7.11 Å². The van der Waals surface area contributed by atoms with Gasteiger partial charge in [0.05, 0.1) is 29.8 Å². The van der Waals surface area contributed by atoms with E-state index in [9.17, 15) is 9.59 Å². The predicted octanol–water partition coefficient (Wildman–Crippen LogP) is 4.45. The fourth-order valence-electron chi connectivity index (χ4n) is 2.77. The van der Waals surface area contributed by atoms with Crippen LogP contribution in [-0.2, 0) is 11.2 Å². The molecule has 1 N–H and O–H groups in total. The van der Waals surface area contributed by atoms with E-state index in [2.05, 4.69) is 10.3 Å². The van der Waals surface area contributed by atoms with Crippen molar-refractivity contribution in [3.63, 3.8) is 0 Å². The Hall–Kier alpha value is -3.38. The molecule has 0 spiro atoms. The number of methoxy groups -OCH3 is 1. The van der Waals surface area contributed by atoms with Crippen LogP contribution in [0, 0.1) is 6.92 Å². The largest absolute Gasteiger partial charge is 0.496 e. The molecule has 1 amide bonds. The van der Waals surface area contributed by atoms with Crippen LogP contribution in [-0.4, -0.2) is 24.0 Å². The Labute approximate surface area is 173 Å². The summed E-state index contributed by atoms with van der Waals surface area (Å²) >= 11 is 6.12. The third-order valence-corrected chi connectivity index (χ3v) is 4.59. The Morgan fingerprint density at radius 1 is 1.07 bits per heavy atom. The van der Waals surface area contributed by atoms with E-state index < -0.39 is 11.9 Å². The van der Waals surface area contributed by atoms with Crippen LogP contribution in [0.3, 0.4) is 0 Å². The van der Waals surface area contributed by atoms with Crippen LogP contribution in [0.15, 0.2) is 60.9 Å². The van der Waals surface area contributed by atoms with Crippen LogP contribution in [0.4, 0.5) is 5.69 Å². The molecule has 0 fully saturated rings. The van der Waals surface area contributed by atoms with E-state index in [1.54, 1.807) is 67.8 Å². The fraction of sp³-hybridized carbons (Fsp3) is 0.136. The summed E-state index contributed by atoms with van der Waals surface area (Å²) in [7, 11) is 1.51. The van der Waals surface area contributed by atoms with Gasteiger partial charge >= 0.3 is 5.97 Å². The number of halogens is 1. The zero-order chi connectivity index (χ0) is 20.8. The van der Waals surface area contributed by atoms with Crippen molar-refractivity contribution in [1.29, 1.82) is 0 Å². The van der Waals surface area contributed by atoms with Crippen molar-refractivity contribution in [2.75, 3.05) is 12.4 Å². The minimum absolute atomic E-state index is 0.0464. The number of ether oxygens (including phenoxy) is 2. The molecule has 0 saturated heterocycles. The first-order chi connectivity index (χ1) is 14.0. The summed E-state index contributed by atoms with van der Waals surface area (Å²) in [4.78, 5) is 29.3. The van der Waals surface area contributed by atoms with Gasteiger partial charge in [0.15, 0.2) is 0 Å². The molecule has 0 aliphatic heterocycles. The molecule has 1 heterocycles. The Balaban J connectivity index is 1.89. The summed E-state index contributed by atoms with van der Waals surface area (Å²) in [5.41, 5.74) is 1.96. The Morgan fingerprint density at radius 3 is 2.48 bits per heavy atom. The van der Waals surface area contributed by atoms with Crippen molar-refractivity contribution >= 4 is 29.2 Å². The summed E-state index contributed by atoms with van der Waals surface area (Å²) < 4.78 is 10.9. The van der Waals surface area contributed by atoms with E-state index in [4.69, 9.17) is 21.1 Å². The number of nitrogens with zero attached hydrogens (tertiary/aromatic N) is 1. The fourth-order valence-corrected chi connectivity index (χ4v) is 2.96. The Kier molecular flexibility index (Phi) is 6.46. The van der Waals surface area contributed by atoms with E-state index in [-0.39, 0.29) is 17.7 Å². The van der Waals surface area contributed by atoms with Crippen LogP contribution in [0.5, 0.6) is 11.5 Å². The zero-order valence-corrected chi connectivity index (χ0v) is 16.7. The number of hydrogen-bond donors (Lipinski definition) is 1. The Morgan fingerprint density at radius 2 is 1.79 bits per heavy atom. The standard InChI is InChI=1S/C22H19ClN2O4/c1-14-19(28-2)8-7-16(22(27)25-18-6-4-3-5-17(18)23)21(14)29-20(26)13-15-9-11-24-12-10-15/h3-12H,13H2,1-2H3,(H,25,27). The first-order valence-electron chi connectivity index (χ1n) is 8.82.